The van der Waals surface area contributed by atoms with Gasteiger partial charge in [0.05, 0.1) is 17.5 Å². The van der Waals surface area contributed by atoms with Crippen molar-refractivity contribution in [1.82, 2.24) is 0 Å². The molecule has 0 aliphatic heterocycles. The predicted molar refractivity (Wildman–Crippen MR) is 84.5 cm³/mol. The molecule has 0 aliphatic carbocycles. The van der Waals surface area contributed by atoms with E-state index in [0.717, 1.165) is 6.42 Å². The fourth-order valence-electron chi connectivity index (χ4n) is 1.74. The molecule has 0 spiro atoms. The molecule has 5 nitrogen and oxygen atoms in total. The van der Waals surface area contributed by atoms with Gasteiger partial charge in [-0.2, -0.15) is 0 Å². The van der Waals surface area contributed by atoms with E-state index in [1.807, 2.05) is 20.8 Å². The van der Waals surface area contributed by atoms with Crippen LogP contribution in [0.25, 0.3) is 0 Å². The van der Waals surface area contributed by atoms with Crippen LogP contribution in [0, 0.1) is 0 Å². The third kappa shape index (κ3) is 5.75. The summed E-state index contributed by atoms with van der Waals surface area (Å²) in [4.78, 5) is 11.5. The Bertz CT molecular complexity index is 594. The molecule has 0 bridgehead atoms. The average Bonchev–Trinajstić information content (AvgIpc) is 2.37. The van der Waals surface area contributed by atoms with Crippen LogP contribution in [0.4, 0.5) is 5.69 Å². The summed E-state index contributed by atoms with van der Waals surface area (Å²) in [6.45, 7) is 7.08. The number of hydrogen-bond acceptors (Lipinski definition) is 4. The lowest BCUT2D eigenvalue weighted by molar-refractivity contribution is 0.101. The predicted octanol–water partition coefficient (Wildman–Crippen LogP) is 3.22. The first-order valence-corrected chi connectivity index (χ1v) is 8.72. The van der Waals surface area contributed by atoms with Crippen LogP contribution in [-0.2, 0) is 10.0 Å². The molecule has 1 rings (SSSR count). The molecule has 0 aromatic heterocycles. The number of anilines is 1. The number of carbonyl (C=O) groups is 1. The summed E-state index contributed by atoms with van der Waals surface area (Å²) < 4.78 is 32.2. The van der Waals surface area contributed by atoms with Crippen molar-refractivity contribution in [3.63, 3.8) is 0 Å². The minimum absolute atomic E-state index is 0.0505. The van der Waals surface area contributed by atoms with E-state index in [4.69, 9.17) is 4.74 Å². The number of rotatable bonds is 8. The highest BCUT2D eigenvalue weighted by molar-refractivity contribution is 7.92. The zero-order valence-electron chi connectivity index (χ0n) is 13.0. The summed E-state index contributed by atoms with van der Waals surface area (Å²) in [7, 11) is -3.44. The van der Waals surface area contributed by atoms with Crippen molar-refractivity contribution in [2.75, 3.05) is 10.5 Å². The monoisotopic (exact) mass is 313 g/mol. The number of unbranched alkanes of at least 4 members (excludes halogenated alkanes) is 1. The maximum atomic E-state index is 12.0. The highest BCUT2D eigenvalue weighted by Gasteiger charge is 2.15. The summed E-state index contributed by atoms with van der Waals surface area (Å²) in [6, 6.07) is 4.77. The molecule has 6 heteroatoms. The Hall–Kier alpha value is -1.56. The lowest BCUT2D eigenvalue weighted by atomic mass is 10.1. The molecule has 0 radical (unpaired) electrons. The van der Waals surface area contributed by atoms with Crippen molar-refractivity contribution in [3.8, 4) is 5.75 Å². The van der Waals surface area contributed by atoms with Crippen LogP contribution >= 0.6 is 0 Å². The number of ether oxygens (including phenoxy) is 1. The van der Waals surface area contributed by atoms with Gasteiger partial charge in [-0.25, -0.2) is 8.42 Å². The fraction of sp³-hybridized carbons (Fsp3) is 0.533. The van der Waals surface area contributed by atoms with E-state index in [0.29, 0.717) is 23.4 Å². The van der Waals surface area contributed by atoms with E-state index >= 15 is 0 Å². The van der Waals surface area contributed by atoms with Crippen LogP contribution in [0.1, 0.15) is 50.9 Å². The van der Waals surface area contributed by atoms with Crippen molar-refractivity contribution in [3.05, 3.63) is 23.8 Å². The Balaban J connectivity index is 3.11. The number of Topliss-reactive ketones (excluding diaryl/α,β-unsaturated/α-hetero) is 1. The van der Waals surface area contributed by atoms with E-state index in [1.165, 1.54) is 13.0 Å². The lowest BCUT2D eigenvalue weighted by Crippen LogP contribution is -2.18. The van der Waals surface area contributed by atoms with Crippen LogP contribution < -0.4 is 9.46 Å². The molecule has 1 N–H and O–H groups in total. The highest BCUT2D eigenvalue weighted by Crippen LogP contribution is 2.28. The highest BCUT2D eigenvalue weighted by atomic mass is 32.2. The SMILES string of the molecule is CCCCS(=O)(=O)Nc1cc(C(C)=O)ccc1OC(C)C. The van der Waals surface area contributed by atoms with Crippen LogP contribution in [-0.4, -0.2) is 26.1 Å². The standard InChI is InChI=1S/C15H23NO4S/c1-5-6-9-21(18,19)16-14-10-13(12(4)17)7-8-15(14)20-11(2)3/h7-8,10-11,16H,5-6,9H2,1-4H3. The molecule has 1 aromatic carbocycles. The van der Waals surface area contributed by atoms with E-state index in [-0.39, 0.29) is 17.6 Å². The van der Waals surface area contributed by atoms with Crippen molar-refractivity contribution in [1.29, 1.82) is 0 Å². The first kappa shape index (κ1) is 17.5. The molecule has 0 amide bonds. The Morgan fingerprint density at radius 2 is 2.00 bits per heavy atom. The normalized spacial score (nSPS) is 11.5. The maximum Gasteiger partial charge on any atom is 0.232 e. The quantitative estimate of drug-likeness (QED) is 0.748. The first-order valence-electron chi connectivity index (χ1n) is 7.07. The molecule has 0 fully saturated rings. The minimum Gasteiger partial charge on any atom is -0.489 e. The lowest BCUT2D eigenvalue weighted by Gasteiger charge is -2.16. The first-order chi connectivity index (χ1) is 9.75. The van der Waals surface area contributed by atoms with Crippen molar-refractivity contribution >= 4 is 21.5 Å². The van der Waals surface area contributed by atoms with E-state index in [2.05, 4.69) is 4.72 Å². The Morgan fingerprint density at radius 1 is 1.33 bits per heavy atom. The van der Waals surface area contributed by atoms with Gasteiger partial charge in [-0.05, 0) is 45.4 Å². The molecule has 0 aliphatic rings. The molecule has 0 saturated heterocycles. The molecule has 0 heterocycles. The van der Waals surface area contributed by atoms with Gasteiger partial charge in [-0.3, -0.25) is 9.52 Å². The van der Waals surface area contributed by atoms with Gasteiger partial charge in [0.2, 0.25) is 10.0 Å². The number of benzene rings is 1. The summed E-state index contributed by atoms with van der Waals surface area (Å²) >= 11 is 0. The van der Waals surface area contributed by atoms with Crippen molar-refractivity contribution in [2.24, 2.45) is 0 Å². The molecular weight excluding hydrogens is 290 g/mol. The second-order valence-electron chi connectivity index (χ2n) is 5.21. The van der Waals surface area contributed by atoms with Crippen LogP contribution in [0.2, 0.25) is 0 Å². The fourth-order valence-corrected chi connectivity index (χ4v) is 3.00. The van der Waals surface area contributed by atoms with Gasteiger partial charge in [-0.15, -0.1) is 0 Å². The van der Waals surface area contributed by atoms with Gasteiger partial charge >= 0.3 is 0 Å². The number of nitrogens with one attached hydrogen (secondary N) is 1. The molecule has 1 aromatic rings. The van der Waals surface area contributed by atoms with Crippen LogP contribution in [0.3, 0.4) is 0 Å². The average molecular weight is 313 g/mol. The van der Waals surface area contributed by atoms with E-state index in [9.17, 15) is 13.2 Å². The molecule has 0 atom stereocenters. The van der Waals surface area contributed by atoms with Crippen molar-refractivity contribution < 1.29 is 17.9 Å². The zero-order valence-corrected chi connectivity index (χ0v) is 13.8. The summed E-state index contributed by atoms with van der Waals surface area (Å²) in [5.41, 5.74) is 0.756. The van der Waals surface area contributed by atoms with Gasteiger partial charge in [-0.1, -0.05) is 13.3 Å². The van der Waals surface area contributed by atoms with E-state index in [1.54, 1.807) is 12.1 Å². The molecule has 118 valence electrons. The topological polar surface area (TPSA) is 72.5 Å². The Labute approximate surface area is 126 Å². The van der Waals surface area contributed by atoms with Gasteiger partial charge < -0.3 is 4.74 Å². The van der Waals surface area contributed by atoms with Crippen LogP contribution in [0.5, 0.6) is 5.75 Å². The molecular formula is C15H23NO4S. The number of carbonyl (C=O) groups excluding carboxylic acids is 1. The maximum absolute atomic E-state index is 12.0. The number of ketones is 1. The van der Waals surface area contributed by atoms with Crippen molar-refractivity contribution in [2.45, 2.75) is 46.6 Å². The third-order valence-corrected chi connectivity index (χ3v) is 4.14. The Morgan fingerprint density at radius 3 is 2.52 bits per heavy atom. The smallest absolute Gasteiger partial charge is 0.232 e. The summed E-state index contributed by atoms with van der Waals surface area (Å²) in [6.07, 6.45) is 1.29. The largest absolute Gasteiger partial charge is 0.489 e. The van der Waals surface area contributed by atoms with Crippen LogP contribution in [0.15, 0.2) is 18.2 Å². The minimum atomic E-state index is -3.44. The Kier molecular flexibility index (Phi) is 6.20. The second-order valence-corrected chi connectivity index (χ2v) is 7.05. The summed E-state index contributed by atoms with van der Waals surface area (Å²) in [5, 5.41) is 0. The van der Waals surface area contributed by atoms with Gasteiger partial charge in [0.1, 0.15) is 5.75 Å². The van der Waals surface area contributed by atoms with E-state index < -0.39 is 10.0 Å². The van der Waals surface area contributed by atoms with Gasteiger partial charge in [0.25, 0.3) is 0 Å². The second kappa shape index (κ2) is 7.45. The molecule has 0 unspecified atom stereocenters. The van der Waals surface area contributed by atoms with Gasteiger partial charge in [0.15, 0.2) is 5.78 Å². The zero-order chi connectivity index (χ0) is 16.0. The molecule has 21 heavy (non-hydrogen) atoms. The summed E-state index contributed by atoms with van der Waals surface area (Å²) in [5.74, 6) is 0.352. The molecule has 0 saturated carbocycles. The van der Waals surface area contributed by atoms with Gasteiger partial charge in [0, 0.05) is 5.56 Å². The number of hydrogen-bond donors (Lipinski definition) is 1. The number of sulfonamides is 1. The third-order valence-electron chi connectivity index (χ3n) is 2.78.